The Hall–Kier alpha value is -1.55. The normalized spacial score (nSPS) is 10.7. The van der Waals surface area contributed by atoms with Crippen LogP contribution in [0.5, 0.6) is 5.75 Å². The molecule has 0 aromatic heterocycles. The number of methoxy groups -OCH3 is 1. The number of carbonyl (C=O) groups is 1. The molecule has 8 heteroatoms. The van der Waals surface area contributed by atoms with Crippen LogP contribution in [0.25, 0.3) is 0 Å². The van der Waals surface area contributed by atoms with Crippen LogP contribution in [-0.4, -0.2) is 70.8 Å². The second kappa shape index (κ2) is 15.5. The fourth-order valence-corrected chi connectivity index (χ4v) is 2.07. The van der Waals surface area contributed by atoms with E-state index in [-0.39, 0.29) is 36.4 Å². The van der Waals surface area contributed by atoms with Gasteiger partial charge in [0.05, 0.1) is 13.2 Å². The number of guanidine groups is 1. The molecule has 0 saturated carbocycles. The van der Waals surface area contributed by atoms with Gasteiger partial charge >= 0.3 is 0 Å². The third-order valence-corrected chi connectivity index (χ3v) is 3.55. The Kier molecular flexibility index (Phi) is 14.6. The molecule has 0 aliphatic rings. The van der Waals surface area contributed by atoms with E-state index in [4.69, 9.17) is 9.47 Å². The van der Waals surface area contributed by atoms with Crippen molar-refractivity contribution >= 4 is 35.8 Å². The molecule has 0 aliphatic heterocycles. The summed E-state index contributed by atoms with van der Waals surface area (Å²) in [5, 5.41) is 6.41. The van der Waals surface area contributed by atoms with Crippen molar-refractivity contribution in [1.82, 2.24) is 15.5 Å². The third kappa shape index (κ3) is 11.7. The maximum absolute atomic E-state index is 11.7. The first-order valence-electron chi connectivity index (χ1n) is 8.99. The van der Waals surface area contributed by atoms with Gasteiger partial charge in [-0.3, -0.25) is 4.79 Å². The molecule has 0 bridgehead atoms. The van der Waals surface area contributed by atoms with Crippen LogP contribution in [0.15, 0.2) is 29.3 Å². The summed E-state index contributed by atoms with van der Waals surface area (Å²) in [5.41, 5.74) is 1.19. The number of rotatable bonds is 11. The number of hydrogen-bond donors (Lipinski definition) is 2. The Labute approximate surface area is 179 Å². The minimum absolute atomic E-state index is 0. The molecule has 27 heavy (non-hydrogen) atoms. The van der Waals surface area contributed by atoms with Crippen molar-refractivity contribution in [2.45, 2.75) is 19.8 Å². The lowest BCUT2D eigenvalue weighted by molar-refractivity contribution is -0.127. The summed E-state index contributed by atoms with van der Waals surface area (Å²) in [6.07, 6.45) is 1.82. The maximum Gasteiger partial charge on any atom is 0.243 e. The molecule has 1 aromatic rings. The van der Waals surface area contributed by atoms with Crippen molar-refractivity contribution in [2.75, 3.05) is 54.1 Å². The fraction of sp³-hybridized carbons (Fsp3) is 0.579. The molecule has 0 radical (unpaired) electrons. The minimum Gasteiger partial charge on any atom is -0.494 e. The quantitative estimate of drug-likeness (QED) is 0.214. The summed E-state index contributed by atoms with van der Waals surface area (Å²) in [4.78, 5) is 17.6. The fourth-order valence-electron chi connectivity index (χ4n) is 2.07. The van der Waals surface area contributed by atoms with E-state index >= 15 is 0 Å². The molecule has 0 heterocycles. The van der Waals surface area contributed by atoms with Crippen LogP contribution in [0, 0.1) is 0 Å². The van der Waals surface area contributed by atoms with E-state index in [0.717, 1.165) is 25.2 Å². The standard InChI is InChI=1S/C19H32N4O3.HI/c1-5-12-26-17-8-6-7-16(14-17)9-10-20-19(21-11-13-25-4)22-15-18(24)23(2)3;/h6-8,14H,5,9-13,15H2,1-4H3,(H2,20,21,22);1H. The Balaban J connectivity index is 0.00000676. The third-order valence-electron chi connectivity index (χ3n) is 3.55. The highest BCUT2D eigenvalue weighted by atomic mass is 127. The molecule has 7 nitrogen and oxygen atoms in total. The van der Waals surface area contributed by atoms with Gasteiger partial charge in [-0.15, -0.1) is 24.0 Å². The van der Waals surface area contributed by atoms with E-state index in [1.807, 2.05) is 12.1 Å². The van der Waals surface area contributed by atoms with Crippen LogP contribution in [0.4, 0.5) is 0 Å². The van der Waals surface area contributed by atoms with Crippen molar-refractivity contribution in [3.8, 4) is 5.75 Å². The van der Waals surface area contributed by atoms with E-state index in [9.17, 15) is 4.79 Å². The van der Waals surface area contributed by atoms with Gasteiger partial charge in [0.25, 0.3) is 0 Å². The number of nitrogens with one attached hydrogen (secondary N) is 2. The van der Waals surface area contributed by atoms with Gasteiger partial charge in [0.15, 0.2) is 5.96 Å². The molecule has 2 N–H and O–H groups in total. The molecule has 0 fully saturated rings. The minimum atomic E-state index is -0.0429. The van der Waals surface area contributed by atoms with E-state index in [2.05, 4.69) is 34.7 Å². The number of halogens is 1. The van der Waals surface area contributed by atoms with Gasteiger partial charge in [0.2, 0.25) is 5.91 Å². The lowest BCUT2D eigenvalue weighted by Gasteiger charge is -2.14. The first-order valence-corrected chi connectivity index (χ1v) is 8.99. The summed E-state index contributed by atoms with van der Waals surface area (Å²) >= 11 is 0. The van der Waals surface area contributed by atoms with Gasteiger partial charge < -0.3 is 25.0 Å². The highest BCUT2D eigenvalue weighted by Gasteiger charge is 2.05. The summed E-state index contributed by atoms with van der Waals surface area (Å²) in [5.74, 6) is 1.46. The largest absolute Gasteiger partial charge is 0.494 e. The highest BCUT2D eigenvalue weighted by Crippen LogP contribution is 2.13. The first kappa shape index (κ1) is 25.4. The lowest BCUT2D eigenvalue weighted by atomic mass is 10.1. The maximum atomic E-state index is 11.7. The topological polar surface area (TPSA) is 75.2 Å². The van der Waals surface area contributed by atoms with Crippen molar-refractivity contribution in [3.63, 3.8) is 0 Å². The zero-order valence-electron chi connectivity index (χ0n) is 16.8. The Morgan fingerprint density at radius 1 is 1.19 bits per heavy atom. The SMILES string of the molecule is CCCOc1cccc(CCNC(=NCC(=O)N(C)C)NCCOC)c1.I. The number of hydrogen-bond acceptors (Lipinski definition) is 4. The zero-order chi connectivity index (χ0) is 19.2. The average molecular weight is 492 g/mol. The monoisotopic (exact) mass is 492 g/mol. The summed E-state index contributed by atoms with van der Waals surface area (Å²) in [7, 11) is 5.09. The molecule has 0 atom stereocenters. The molecule has 154 valence electrons. The summed E-state index contributed by atoms with van der Waals surface area (Å²) < 4.78 is 10.7. The lowest BCUT2D eigenvalue weighted by Crippen LogP contribution is -2.40. The molecule has 0 aliphatic carbocycles. The van der Waals surface area contributed by atoms with E-state index in [0.29, 0.717) is 25.7 Å². The predicted molar refractivity (Wildman–Crippen MR) is 120 cm³/mol. The van der Waals surface area contributed by atoms with Gasteiger partial charge in [-0.1, -0.05) is 19.1 Å². The van der Waals surface area contributed by atoms with E-state index in [1.54, 1.807) is 21.2 Å². The van der Waals surface area contributed by atoms with Gasteiger partial charge in [-0.2, -0.15) is 0 Å². The van der Waals surface area contributed by atoms with Crippen molar-refractivity contribution in [1.29, 1.82) is 0 Å². The average Bonchev–Trinajstić information content (AvgIpc) is 2.64. The molecule has 1 aromatic carbocycles. The van der Waals surface area contributed by atoms with Gasteiger partial charge in [-0.25, -0.2) is 4.99 Å². The van der Waals surface area contributed by atoms with E-state index in [1.165, 1.54) is 10.5 Å². The van der Waals surface area contributed by atoms with Crippen LogP contribution in [0.3, 0.4) is 0 Å². The van der Waals surface area contributed by atoms with Crippen molar-refractivity contribution in [2.24, 2.45) is 4.99 Å². The number of likely N-dealkylation sites (N-methyl/N-ethyl adjacent to an activating group) is 1. The number of nitrogens with zero attached hydrogens (tertiary/aromatic N) is 2. The highest BCUT2D eigenvalue weighted by molar-refractivity contribution is 14.0. The second-order valence-electron chi connectivity index (χ2n) is 6.05. The van der Waals surface area contributed by atoms with Gasteiger partial charge in [0, 0.05) is 34.3 Å². The molecule has 1 amide bonds. The Morgan fingerprint density at radius 3 is 2.59 bits per heavy atom. The molecule has 0 spiro atoms. The predicted octanol–water partition coefficient (Wildman–Crippen LogP) is 1.91. The molecular formula is C19H33IN4O3. The zero-order valence-corrected chi connectivity index (χ0v) is 19.1. The molecule has 0 saturated heterocycles. The van der Waals surface area contributed by atoms with Gasteiger partial charge in [-0.05, 0) is 30.5 Å². The van der Waals surface area contributed by atoms with Crippen LogP contribution in [-0.2, 0) is 16.0 Å². The molecule has 1 rings (SSSR count). The number of benzene rings is 1. The summed E-state index contributed by atoms with van der Waals surface area (Å²) in [6.45, 7) is 4.81. The number of carbonyl (C=O) groups excluding carboxylic acids is 1. The van der Waals surface area contributed by atoms with Crippen LogP contribution < -0.4 is 15.4 Å². The molecular weight excluding hydrogens is 459 g/mol. The number of ether oxygens (including phenoxy) is 2. The van der Waals surface area contributed by atoms with E-state index < -0.39 is 0 Å². The smallest absolute Gasteiger partial charge is 0.243 e. The Morgan fingerprint density at radius 2 is 1.93 bits per heavy atom. The number of amides is 1. The second-order valence-corrected chi connectivity index (χ2v) is 6.05. The van der Waals surface area contributed by atoms with Crippen molar-refractivity contribution in [3.05, 3.63) is 29.8 Å². The summed E-state index contributed by atoms with van der Waals surface area (Å²) in [6, 6.07) is 8.11. The van der Waals surface area contributed by atoms with Crippen LogP contribution in [0.1, 0.15) is 18.9 Å². The van der Waals surface area contributed by atoms with Crippen molar-refractivity contribution < 1.29 is 14.3 Å². The van der Waals surface area contributed by atoms with Crippen LogP contribution >= 0.6 is 24.0 Å². The Bertz CT molecular complexity index is 568. The first-order chi connectivity index (χ1) is 12.6. The van der Waals surface area contributed by atoms with Gasteiger partial charge in [0.1, 0.15) is 12.3 Å². The molecule has 0 unspecified atom stereocenters. The number of aliphatic imine (C=N–C) groups is 1. The van der Waals surface area contributed by atoms with Crippen LogP contribution in [0.2, 0.25) is 0 Å².